The molecule has 0 spiro atoms. The summed E-state index contributed by atoms with van der Waals surface area (Å²) in [6.45, 7) is 9.95. The first kappa shape index (κ1) is 16.0. The third-order valence-electron chi connectivity index (χ3n) is 4.67. The molecule has 0 aliphatic carbocycles. The number of benzene rings is 1. The van der Waals surface area contributed by atoms with E-state index in [0.717, 1.165) is 10.2 Å². The maximum Gasteiger partial charge on any atom is 0.142 e. The maximum atomic E-state index is 5.04. The minimum atomic E-state index is -1.36. The van der Waals surface area contributed by atoms with Crippen molar-refractivity contribution >= 4 is 38.2 Å². The van der Waals surface area contributed by atoms with Gasteiger partial charge >= 0.3 is 0 Å². The van der Waals surface area contributed by atoms with Crippen molar-refractivity contribution < 1.29 is 0 Å². The lowest BCUT2D eigenvalue weighted by Crippen LogP contribution is -2.55. The second-order valence-corrected chi connectivity index (χ2v) is 17.8. The van der Waals surface area contributed by atoms with E-state index in [4.69, 9.17) is 4.98 Å². The Morgan fingerprint density at radius 3 is 2.18 bits per heavy atom. The molecule has 0 unspecified atom stereocenters. The van der Waals surface area contributed by atoms with Crippen molar-refractivity contribution in [3.63, 3.8) is 0 Å². The van der Waals surface area contributed by atoms with Crippen molar-refractivity contribution in [1.29, 1.82) is 0 Å². The van der Waals surface area contributed by atoms with Gasteiger partial charge in [-0.25, -0.2) is 4.98 Å². The molecule has 1 aliphatic heterocycles. The monoisotopic (exact) mass is 390 g/mol. The molecular formula is C17H23BrN2Si2. The van der Waals surface area contributed by atoms with Crippen molar-refractivity contribution in [3.8, 4) is 11.3 Å². The number of aromatic nitrogens is 1. The van der Waals surface area contributed by atoms with Crippen LogP contribution in [0.5, 0.6) is 0 Å². The van der Waals surface area contributed by atoms with Crippen molar-refractivity contribution in [1.82, 2.24) is 4.98 Å². The smallest absolute Gasteiger partial charge is 0.142 e. The predicted molar refractivity (Wildman–Crippen MR) is 104 cm³/mol. The highest BCUT2D eigenvalue weighted by Gasteiger charge is 2.48. The Labute approximate surface area is 143 Å². The molecule has 1 saturated heterocycles. The fraction of sp³-hybridized carbons (Fsp3) is 0.353. The van der Waals surface area contributed by atoms with Crippen LogP contribution in [0.3, 0.4) is 0 Å². The van der Waals surface area contributed by atoms with Gasteiger partial charge in [-0.2, -0.15) is 0 Å². The van der Waals surface area contributed by atoms with E-state index in [1.54, 1.807) is 0 Å². The molecule has 0 atom stereocenters. The van der Waals surface area contributed by atoms with Crippen LogP contribution in [0.4, 0.5) is 5.82 Å². The summed E-state index contributed by atoms with van der Waals surface area (Å²) in [5.74, 6) is 1.19. The number of hydrogen-bond donors (Lipinski definition) is 0. The Bertz CT molecular complexity index is 685. The van der Waals surface area contributed by atoms with Crippen LogP contribution in [-0.2, 0) is 0 Å². The fourth-order valence-electron chi connectivity index (χ4n) is 3.64. The number of nitrogens with zero attached hydrogens (tertiary/aromatic N) is 2. The van der Waals surface area contributed by atoms with Gasteiger partial charge in [0.05, 0.1) is 5.69 Å². The molecule has 22 heavy (non-hydrogen) atoms. The Hall–Kier alpha value is -0.916. The molecule has 0 saturated carbocycles. The summed E-state index contributed by atoms with van der Waals surface area (Å²) in [6, 6.07) is 17.6. The molecule has 3 rings (SSSR count). The van der Waals surface area contributed by atoms with E-state index in [9.17, 15) is 0 Å². The first-order valence-corrected chi connectivity index (χ1v) is 14.9. The molecule has 2 aromatic rings. The van der Waals surface area contributed by atoms with Crippen LogP contribution in [-0.4, -0.2) is 21.5 Å². The Balaban J connectivity index is 2.07. The molecule has 1 fully saturated rings. The summed E-state index contributed by atoms with van der Waals surface area (Å²) in [4.78, 5) is 5.04. The van der Waals surface area contributed by atoms with Crippen LogP contribution >= 0.6 is 15.9 Å². The summed E-state index contributed by atoms with van der Waals surface area (Å²) in [5, 5.41) is 0. The molecule has 0 bridgehead atoms. The Morgan fingerprint density at radius 2 is 1.55 bits per heavy atom. The average molecular weight is 391 g/mol. The molecule has 1 aromatic heterocycles. The van der Waals surface area contributed by atoms with E-state index in [1.807, 2.05) is 6.07 Å². The van der Waals surface area contributed by atoms with Crippen molar-refractivity contribution in [2.24, 2.45) is 0 Å². The van der Waals surface area contributed by atoms with E-state index in [-0.39, 0.29) is 0 Å². The lowest BCUT2D eigenvalue weighted by Gasteiger charge is -2.40. The number of anilines is 1. The zero-order chi connectivity index (χ0) is 16.0. The summed E-state index contributed by atoms with van der Waals surface area (Å²) in [7, 11) is -2.72. The standard InChI is InChI=1S/C17H23BrN2Si2/c1-21(2)12-13-22(3,4)20(21)17-11-7-10-16(19-17)14-8-5-6-9-15(14)18/h5-11H,12-13H2,1-4H3. The minimum absolute atomic E-state index is 1.06. The third kappa shape index (κ3) is 2.82. The van der Waals surface area contributed by atoms with Crippen LogP contribution in [0.25, 0.3) is 11.3 Å². The van der Waals surface area contributed by atoms with E-state index in [2.05, 4.69) is 82.7 Å². The second kappa shape index (κ2) is 5.62. The van der Waals surface area contributed by atoms with Gasteiger partial charge < -0.3 is 4.23 Å². The predicted octanol–water partition coefficient (Wildman–Crippen LogP) is 5.74. The Kier molecular flexibility index (Phi) is 4.08. The molecule has 5 heteroatoms. The maximum absolute atomic E-state index is 5.04. The molecule has 2 nitrogen and oxygen atoms in total. The lowest BCUT2D eigenvalue weighted by molar-refractivity contribution is 1.24. The number of halogens is 1. The average Bonchev–Trinajstić information content (AvgIpc) is 2.68. The summed E-state index contributed by atoms with van der Waals surface area (Å²) in [6.07, 6.45) is 0. The van der Waals surface area contributed by atoms with Crippen molar-refractivity contribution in [2.75, 3.05) is 4.23 Å². The summed E-state index contributed by atoms with van der Waals surface area (Å²) < 4.78 is 3.87. The zero-order valence-corrected chi connectivity index (χ0v) is 17.3. The molecule has 2 heterocycles. The molecule has 0 radical (unpaired) electrons. The summed E-state index contributed by atoms with van der Waals surface area (Å²) in [5.41, 5.74) is 2.23. The van der Waals surface area contributed by atoms with Gasteiger partial charge in [0.25, 0.3) is 0 Å². The quantitative estimate of drug-likeness (QED) is 0.607. The van der Waals surface area contributed by atoms with Gasteiger partial charge in [0, 0.05) is 10.0 Å². The van der Waals surface area contributed by atoms with Crippen LogP contribution < -0.4 is 4.23 Å². The van der Waals surface area contributed by atoms with Gasteiger partial charge in [-0.05, 0) is 30.3 Å². The molecule has 0 N–H and O–H groups in total. The highest BCUT2D eigenvalue weighted by molar-refractivity contribution is 9.10. The lowest BCUT2D eigenvalue weighted by atomic mass is 10.1. The van der Waals surface area contributed by atoms with Crippen LogP contribution in [0, 0.1) is 0 Å². The van der Waals surface area contributed by atoms with Crippen LogP contribution in [0.15, 0.2) is 46.9 Å². The van der Waals surface area contributed by atoms with E-state index >= 15 is 0 Å². The topological polar surface area (TPSA) is 16.1 Å². The normalized spacial score (nSPS) is 19.4. The van der Waals surface area contributed by atoms with Crippen molar-refractivity contribution in [3.05, 3.63) is 46.9 Å². The fourth-order valence-corrected chi connectivity index (χ4v) is 18.2. The Morgan fingerprint density at radius 1 is 0.909 bits per heavy atom. The highest BCUT2D eigenvalue weighted by atomic mass is 79.9. The second-order valence-electron chi connectivity index (χ2n) is 7.32. The largest absolute Gasteiger partial charge is 0.409 e. The summed E-state index contributed by atoms with van der Waals surface area (Å²) >= 11 is 3.65. The molecule has 1 aromatic carbocycles. The SMILES string of the molecule is C[Si]1(C)CC[Si](C)(C)N1c1cccc(-c2ccccc2Br)n1. The first-order valence-electron chi connectivity index (χ1n) is 7.84. The van der Waals surface area contributed by atoms with Gasteiger partial charge in [0.2, 0.25) is 0 Å². The van der Waals surface area contributed by atoms with Gasteiger partial charge in [-0.1, -0.05) is 66.4 Å². The number of hydrogen-bond acceptors (Lipinski definition) is 2. The first-order chi connectivity index (χ1) is 10.3. The molecular weight excluding hydrogens is 368 g/mol. The van der Waals surface area contributed by atoms with Gasteiger partial charge in [0.15, 0.2) is 0 Å². The van der Waals surface area contributed by atoms with Gasteiger partial charge in [-0.15, -0.1) is 0 Å². The highest BCUT2D eigenvalue weighted by Crippen LogP contribution is 2.40. The van der Waals surface area contributed by atoms with E-state index < -0.39 is 16.5 Å². The third-order valence-corrected chi connectivity index (χ3v) is 15.3. The van der Waals surface area contributed by atoms with Crippen molar-refractivity contribution in [2.45, 2.75) is 38.3 Å². The minimum Gasteiger partial charge on any atom is -0.409 e. The number of pyridine rings is 1. The van der Waals surface area contributed by atoms with Crippen LogP contribution in [0.1, 0.15) is 0 Å². The van der Waals surface area contributed by atoms with E-state index in [1.165, 1.54) is 23.5 Å². The van der Waals surface area contributed by atoms with Crippen LogP contribution in [0.2, 0.25) is 38.3 Å². The van der Waals surface area contributed by atoms with Gasteiger partial charge in [-0.3, -0.25) is 0 Å². The van der Waals surface area contributed by atoms with E-state index in [0.29, 0.717) is 0 Å². The molecule has 1 aliphatic rings. The molecule has 0 amide bonds. The van der Waals surface area contributed by atoms with Gasteiger partial charge in [0.1, 0.15) is 22.3 Å². The number of rotatable bonds is 2. The molecule has 116 valence electrons. The zero-order valence-electron chi connectivity index (χ0n) is 13.7.